The van der Waals surface area contributed by atoms with Crippen LogP contribution in [0.5, 0.6) is 0 Å². The second-order valence-corrected chi connectivity index (χ2v) is 3.89. The Hall–Kier alpha value is -2.17. The standard InChI is InChI=1S/C13H15N3O2/c1-3-18-13(17)12-9-16(15-14-12)10(2)11-7-5-4-6-8-11/h4-10H,3H2,1-2H3/t10-/m1/s1. The summed E-state index contributed by atoms with van der Waals surface area (Å²) < 4.78 is 6.53. The number of ether oxygens (including phenoxy) is 1. The van der Waals surface area contributed by atoms with E-state index in [1.807, 2.05) is 37.3 Å². The van der Waals surface area contributed by atoms with E-state index in [0.717, 1.165) is 5.56 Å². The topological polar surface area (TPSA) is 57.0 Å². The Morgan fingerprint density at radius 3 is 2.78 bits per heavy atom. The molecule has 2 aromatic rings. The van der Waals surface area contributed by atoms with Crippen LogP contribution in [0.15, 0.2) is 36.5 Å². The number of nitrogens with zero attached hydrogens (tertiary/aromatic N) is 3. The highest BCUT2D eigenvalue weighted by Crippen LogP contribution is 2.16. The summed E-state index contributed by atoms with van der Waals surface area (Å²) in [5.41, 5.74) is 1.34. The third-order valence-corrected chi connectivity index (χ3v) is 2.67. The smallest absolute Gasteiger partial charge is 0.360 e. The van der Waals surface area contributed by atoms with Crippen LogP contribution in [0.3, 0.4) is 0 Å². The van der Waals surface area contributed by atoms with Crippen molar-refractivity contribution in [2.45, 2.75) is 19.9 Å². The second kappa shape index (κ2) is 5.44. The molecule has 0 spiro atoms. The fraction of sp³-hybridized carbons (Fsp3) is 0.308. The molecule has 1 aromatic carbocycles. The molecule has 2 rings (SSSR count). The van der Waals surface area contributed by atoms with Crippen LogP contribution in [-0.4, -0.2) is 27.6 Å². The average molecular weight is 245 g/mol. The third kappa shape index (κ3) is 2.56. The van der Waals surface area contributed by atoms with Gasteiger partial charge in [-0.2, -0.15) is 0 Å². The monoisotopic (exact) mass is 245 g/mol. The van der Waals surface area contributed by atoms with Gasteiger partial charge < -0.3 is 4.74 Å². The van der Waals surface area contributed by atoms with Gasteiger partial charge in [-0.25, -0.2) is 9.48 Å². The quantitative estimate of drug-likeness (QED) is 0.774. The maximum atomic E-state index is 11.5. The van der Waals surface area contributed by atoms with E-state index in [-0.39, 0.29) is 11.7 Å². The SMILES string of the molecule is CCOC(=O)c1cn([C@H](C)c2ccccc2)nn1. The first kappa shape index (κ1) is 12.3. The van der Waals surface area contributed by atoms with Crippen molar-refractivity contribution in [2.75, 3.05) is 6.61 Å². The van der Waals surface area contributed by atoms with Gasteiger partial charge in [0.15, 0.2) is 5.69 Å². The van der Waals surface area contributed by atoms with Crippen LogP contribution in [0.2, 0.25) is 0 Å². The molecule has 0 aliphatic carbocycles. The highest BCUT2D eigenvalue weighted by Gasteiger charge is 2.15. The summed E-state index contributed by atoms with van der Waals surface area (Å²) in [4.78, 5) is 11.5. The van der Waals surface area contributed by atoms with Crippen molar-refractivity contribution < 1.29 is 9.53 Å². The van der Waals surface area contributed by atoms with Crippen LogP contribution in [0.1, 0.15) is 35.9 Å². The maximum Gasteiger partial charge on any atom is 0.360 e. The normalized spacial score (nSPS) is 12.1. The molecule has 0 fully saturated rings. The number of carbonyl (C=O) groups excluding carboxylic acids is 1. The van der Waals surface area contributed by atoms with E-state index >= 15 is 0 Å². The first-order chi connectivity index (χ1) is 8.72. The van der Waals surface area contributed by atoms with Crippen LogP contribution in [0.25, 0.3) is 0 Å². The summed E-state index contributed by atoms with van der Waals surface area (Å²) >= 11 is 0. The molecule has 0 saturated heterocycles. The van der Waals surface area contributed by atoms with Crippen molar-refractivity contribution in [1.29, 1.82) is 0 Å². The van der Waals surface area contributed by atoms with Crippen LogP contribution >= 0.6 is 0 Å². The van der Waals surface area contributed by atoms with E-state index in [4.69, 9.17) is 4.74 Å². The number of hydrogen-bond acceptors (Lipinski definition) is 4. The molecule has 94 valence electrons. The van der Waals surface area contributed by atoms with E-state index in [1.54, 1.807) is 17.8 Å². The number of rotatable bonds is 4. The largest absolute Gasteiger partial charge is 0.461 e. The molecule has 0 unspecified atom stereocenters. The molecule has 5 nitrogen and oxygen atoms in total. The van der Waals surface area contributed by atoms with E-state index in [0.29, 0.717) is 6.61 Å². The Morgan fingerprint density at radius 1 is 1.39 bits per heavy atom. The van der Waals surface area contributed by atoms with Gasteiger partial charge in [0.25, 0.3) is 0 Å². The number of aromatic nitrogens is 3. The predicted molar refractivity (Wildman–Crippen MR) is 66.2 cm³/mol. The minimum atomic E-state index is -0.441. The molecular weight excluding hydrogens is 230 g/mol. The molecule has 5 heteroatoms. The average Bonchev–Trinajstić information content (AvgIpc) is 2.89. The second-order valence-electron chi connectivity index (χ2n) is 3.89. The van der Waals surface area contributed by atoms with Gasteiger partial charge in [-0.3, -0.25) is 0 Å². The van der Waals surface area contributed by atoms with Crippen molar-refractivity contribution >= 4 is 5.97 Å². The third-order valence-electron chi connectivity index (χ3n) is 2.67. The molecule has 0 bridgehead atoms. The van der Waals surface area contributed by atoms with Crippen molar-refractivity contribution in [1.82, 2.24) is 15.0 Å². The van der Waals surface area contributed by atoms with Gasteiger partial charge in [-0.15, -0.1) is 5.10 Å². The van der Waals surface area contributed by atoms with Gasteiger partial charge in [0.2, 0.25) is 0 Å². The van der Waals surface area contributed by atoms with Crippen LogP contribution in [0, 0.1) is 0 Å². The van der Waals surface area contributed by atoms with Crippen molar-refractivity contribution in [3.63, 3.8) is 0 Å². The van der Waals surface area contributed by atoms with Crippen molar-refractivity contribution in [3.05, 3.63) is 47.8 Å². The van der Waals surface area contributed by atoms with Gasteiger partial charge in [0, 0.05) is 0 Å². The zero-order chi connectivity index (χ0) is 13.0. The van der Waals surface area contributed by atoms with E-state index in [2.05, 4.69) is 10.3 Å². The molecular formula is C13H15N3O2. The molecule has 0 radical (unpaired) electrons. The van der Waals surface area contributed by atoms with Crippen LogP contribution < -0.4 is 0 Å². The molecule has 0 N–H and O–H groups in total. The Bertz CT molecular complexity index is 522. The highest BCUT2D eigenvalue weighted by atomic mass is 16.5. The number of hydrogen-bond donors (Lipinski definition) is 0. The summed E-state index contributed by atoms with van der Waals surface area (Å²) in [7, 11) is 0. The minimum absolute atomic E-state index is 0.0295. The minimum Gasteiger partial charge on any atom is -0.461 e. The summed E-state index contributed by atoms with van der Waals surface area (Å²) in [6.45, 7) is 4.09. The lowest BCUT2D eigenvalue weighted by molar-refractivity contribution is 0.0519. The fourth-order valence-electron chi connectivity index (χ4n) is 1.65. The Morgan fingerprint density at radius 2 is 2.11 bits per heavy atom. The molecule has 0 amide bonds. The molecule has 0 aliphatic heterocycles. The van der Waals surface area contributed by atoms with Crippen molar-refractivity contribution in [3.8, 4) is 0 Å². The zero-order valence-corrected chi connectivity index (χ0v) is 10.4. The van der Waals surface area contributed by atoms with E-state index < -0.39 is 5.97 Å². The first-order valence-electron chi connectivity index (χ1n) is 5.86. The number of benzene rings is 1. The van der Waals surface area contributed by atoms with Gasteiger partial charge in [0.1, 0.15) is 0 Å². The molecule has 1 aromatic heterocycles. The number of esters is 1. The van der Waals surface area contributed by atoms with Gasteiger partial charge in [-0.05, 0) is 19.4 Å². The summed E-state index contributed by atoms with van der Waals surface area (Å²) in [6, 6.07) is 9.94. The molecule has 0 aliphatic rings. The van der Waals surface area contributed by atoms with Crippen LogP contribution in [0.4, 0.5) is 0 Å². The molecule has 1 atom stereocenters. The summed E-state index contributed by atoms with van der Waals surface area (Å²) in [6.07, 6.45) is 1.61. The lowest BCUT2D eigenvalue weighted by Crippen LogP contribution is -2.07. The zero-order valence-electron chi connectivity index (χ0n) is 10.4. The summed E-state index contributed by atoms with van der Waals surface area (Å²) in [5.74, 6) is -0.441. The highest BCUT2D eigenvalue weighted by molar-refractivity contribution is 5.86. The van der Waals surface area contributed by atoms with Gasteiger partial charge >= 0.3 is 5.97 Å². The molecule has 1 heterocycles. The Kier molecular flexibility index (Phi) is 3.72. The molecule has 0 saturated carbocycles. The predicted octanol–water partition coefficient (Wildman–Crippen LogP) is 2.06. The Balaban J connectivity index is 2.17. The first-order valence-corrected chi connectivity index (χ1v) is 5.86. The van der Waals surface area contributed by atoms with Crippen molar-refractivity contribution in [2.24, 2.45) is 0 Å². The lowest BCUT2D eigenvalue weighted by Gasteiger charge is -2.10. The lowest BCUT2D eigenvalue weighted by atomic mass is 10.1. The maximum absolute atomic E-state index is 11.5. The van der Waals surface area contributed by atoms with E-state index in [1.165, 1.54) is 0 Å². The summed E-state index contributed by atoms with van der Waals surface area (Å²) in [5, 5.41) is 7.78. The van der Waals surface area contributed by atoms with Gasteiger partial charge in [-0.1, -0.05) is 35.5 Å². The van der Waals surface area contributed by atoms with E-state index in [9.17, 15) is 4.79 Å². The van der Waals surface area contributed by atoms with Crippen LogP contribution in [-0.2, 0) is 4.74 Å². The fourth-order valence-corrected chi connectivity index (χ4v) is 1.65. The van der Waals surface area contributed by atoms with Gasteiger partial charge in [0.05, 0.1) is 18.8 Å². The molecule has 18 heavy (non-hydrogen) atoms. The number of carbonyl (C=O) groups is 1. The Labute approximate surface area is 105 Å².